The fraction of sp³-hybridized carbons (Fsp3) is 0.0714. The highest BCUT2D eigenvalue weighted by atomic mass is 16.4. The van der Waals surface area contributed by atoms with Crippen molar-refractivity contribution in [1.82, 2.24) is 4.98 Å². The molecule has 1 aromatic carbocycles. The number of aromatic amines is 1. The lowest BCUT2D eigenvalue weighted by atomic mass is 10.1. The number of oxime groups is 1. The van der Waals surface area contributed by atoms with Gasteiger partial charge in [0, 0.05) is 18.2 Å². The van der Waals surface area contributed by atoms with E-state index in [1.165, 1.54) is 18.2 Å². The maximum absolute atomic E-state index is 11.9. The van der Waals surface area contributed by atoms with E-state index in [4.69, 9.17) is 10.9 Å². The van der Waals surface area contributed by atoms with Crippen LogP contribution in [-0.4, -0.2) is 21.9 Å². The zero-order valence-electron chi connectivity index (χ0n) is 11.0. The largest absolute Gasteiger partial charge is 0.409 e. The number of nitrogens with one attached hydrogen (secondary N) is 2. The quantitative estimate of drug-likeness (QED) is 0.289. The van der Waals surface area contributed by atoms with Crippen molar-refractivity contribution in [3.05, 3.63) is 64.1 Å². The minimum Gasteiger partial charge on any atom is -0.409 e. The van der Waals surface area contributed by atoms with Gasteiger partial charge >= 0.3 is 0 Å². The number of anilines is 1. The van der Waals surface area contributed by atoms with Gasteiger partial charge in [-0.2, -0.15) is 0 Å². The average Bonchev–Trinajstić information content (AvgIpc) is 2.49. The van der Waals surface area contributed by atoms with Crippen molar-refractivity contribution in [3.63, 3.8) is 0 Å². The van der Waals surface area contributed by atoms with Gasteiger partial charge < -0.3 is 21.2 Å². The summed E-state index contributed by atoms with van der Waals surface area (Å²) in [5.74, 6) is -0.300. The van der Waals surface area contributed by atoms with E-state index in [9.17, 15) is 9.59 Å². The van der Waals surface area contributed by atoms with Gasteiger partial charge in [0.2, 0.25) is 5.56 Å². The molecule has 0 aliphatic carbocycles. The van der Waals surface area contributed by atoms with Crippen molar-refractivity contribution in [1.29, 1.82) is 0 Å². The molecule has 1 aromatic heterocycles. The molecule has 0 bridgehead atoms. The van der Waals surface area contributed by atoms with Gasteiger partial charge in [-0.3, -0.25) is 9.59 Å². The molecule has 0 spiro atoms. The molecule has 0 atom stereocenters. The first-order valence-corrected chi connectivity index (χ1v) is 6.14. The molecule has 1 amide bonds. The Labute approximate surface area is 120 Å². The topological polar surface area (TPSA) is 121 Å². The number of H-pyrrole nitrogens is 1. The SMILES string of the molecule is N/C(Cc1ccc(NC(=O)c2cccc(=O)[nH]2)cc1)=N/O. The molecule has 0 fully saturated rings. The van der Waals surface area contributed by atoms with Gasteiger partial charge in [-0.15, -0.1) is 0 Å². The number of carbonyl (C=O) groups excluding carboxylic acids is 1. The zero-order valence-corrected chi connectivity index (χ0v) is 11.0. The molecule has 21 heavy (non-hydrogen) atoms. The van der Waals surface area contributed by atoms with Crippen LogP contribution in [0.5, 0.6) is 0 Å². The van der Waals surface area contributed by atoms with Gasteiger partial charge in [-0.25, -0.2) is 0 Å². The molecule has 7 nitrogen and oxygen atoms in total. The van der Waals surface area contributed by atoms with Crippen molar-refractivity contribution < 1.29 is 10.0 Å². The first-order chi connectivity index (χ1) is 10.1. The van der Waals surface area contributed by atoms with Crippen LogP contribution in [0, 0.1) is 0 Å². The lowest BCUT2D eigenvalue weighted by Crippen LogP contribution is -2.18. The lowest BCUT2D eigenvalue weighted by molar-refractivity contribution is 0.102. The Morgan fingerprint density at radius 3 is 2.57 bits per heavy atom. The number of aromatic nitrogens is 1. The highest BCUT2D eigenvalue weighted by Gasteiger charge is 2.06. The first-order valence-electron chi connectivity index (χ1n) is 6.14. The van der Waals surface area contributed by atoms with Crippen molar-refractivity contribution in [2.75, 3.05) is 5.32 Å². The summed E-state index contributed by atoms with van der Waals surface area (Å²) in [5.41, 5.74) is 6.68. The Kier molecular flexibility index (Phi) is 4.35. The van der Waals surface area contributed by atoms with Gasteiger partial charge in [0.15, 0.2) is 0 Å². The number of rotatable bonds is 4. The lowest BCUT2D eigenvalue weighted by Gasteiger charge is -2.06. The second-order valence-electron chi connectivity index (χ2n) is 4.35. The van der Waals surface area contributed by atoms with Crippen molar-refractivity contribution >= 4 is 17.4 Å². The second-order valence-corrected chi connectivity index (χ2v) is 4.35. The van der Waals surface area contributed by atoms with E-state index in [0.717, 1.165) is 5.56 Å². The molecule has 0 aliphatic heterocycles. The molecule has 0 unspecified atom stereocenters. The van der Waals surface area contributed by atoms with Crippen molar-refractivity contribution in [3.8, 4) is 0 Å². The van der Waals surface area contributed by atoms with E-state index < -0.39 is 5.91 Å². The number of amides is 1. The fourth-order valence-corrected chi connectivity index (χ4v) is 1.73. The summed E-state index contributed by atoms with van der Waals surface area (Å²) in [7, 11) is 0. The van der Waals surface area contributed by atoms with Gasteiger partial charge in [0.05, 0.1) is 0 Å². The predicted octanol–water partition coefficient (Wildman–Crippen LogP) is 0.916. The van der Waals surface area contributed by atoms with E-state index >= 15 is 0 Å². The number of amidine groups is 1. The molecule has 7 heteroatoms. The summed E-state index contributed by atoms with van der Waals surface area (Å²) in [6.45, 7) is 0. The Bertz CT molecular complexity index is 719. The number of carbonyl (C=O) groups is 1. The minimum atomic E-state index is -0.406. The fourth-order valence-electron chi connectivity index (χ4n) is 1.73. The maximum atomic E-state index is 11.9. The zero-order chi connectivity index (χ0) is 15.2. The predicted molar refractivity (Wildman–Crippen MR) is 78.6 cm³/mol. The van der Waals surface area contributed by atoms with Crippen LogP contribution in [0.3, 0.4) is 0 Å². The molecule has 0 saturated heterocycles. The molecule has 0 aliphatic rings. The number of nitrogens with two attached hydrogens (primary N) is 1. The third-order valence-corrected chi connectivity index (χ3v) is 2.74. The molecule has 2 rings (SSSR count). The summed E-state index contributed by atoms with van der Waals surface area (Å²) in [4.78, 5) is 25.5. The van der Waals surface area contributed by atoms with Gasteiger partial charge in [0.1, 0.15) is 11.5 Å². The monoisotopic (exact) mass is 286 g/mol. The van der Waals surface area contributed by atoms with Crippen LogP contribution in [0.2, 0.25) is 0 Å². The molecular formula is C14H14N4O3. The molecular weight excluding hydrogens is 272 g/mol. The van der Waals surface area contributed by atoms with Crippen molar-refractivity contribution in [2.45, 2.75) is 6.42 Å². The summed E-state index contributed by atoms with van der Waals surface area (Å²) in [6, 6.07) is 11.2. The van der Waals surface area contributed by atoms with E-state index in [0.29, 0.717) is 12.1 Å². The Balaban J connectivity index is 2.06. The standard InChI is InChI=1S/C14H14N4O3/c15-12(18-21)8-9-4-6-10(7-5-9)16-14(20)11-2-1-3-13(19)17-11/h1-7,21H,8H2,(H2,15,18)(H,16,20)(H,17,19). The third kappa shape index (κ3) is 3.93. The molecule has 5 N–H and O–H groups in total. The summed E-state index contributed by atoms with van der Waals surface area (Å²) < 4.78 is 0. The molecule has 0 saturated carbocycles. The van der Waals surface area contributed by atoms with Crippen LogP contribution in [0.25, 0.3) is 0 Å². The third-order valence-electron chi connectivity index (χ3n) is 2.74. The van der Waals surface area contributed by atoms with Crippen LogP contribution >= 0.6 is 0 Å². The Morgan fingerprint density at radius 2 is 1.95 bits per heavy atom. The molecule has 2 aromatic rings. The van der Waals surface area contributed by atoms with Gasteiger partial charge in [0.25, 0.3) is 5.91 Å². The molecule has 108 valence electrons. The molecule has 1 heterocycles. The van der Waals surface area contributed by atoms with E-state index in [1.54, 1.807) is 24.3 Å². The summed E-state index contributed by atoms with van der Waals surface area (Å²) >= 11 is 0. The van der Waals surface area contributed by atoms with E-state index in [1.807, 2.05) is 0 Å². The van der Waals surface area contributed by atoms with E-state index in [-0.39, 0.29) is 17.1 Å². The Morgan fingerprint density at radius 1 is 1.24 bits per heavy atom. The number of hydrogen-bond acceptors (Lipinski definition) is 4. The molecule has 0 radical (unpaired) electrons. The van der Waals surface area contributed by atoms with Crippen LogP contribution in [0.4, 0.5) is 5.69 Å². The highest BCUT2D eigenvalue weighted by Crippen LogP contribution is 2.11. The van der Waals surface area contributed by atoms with Crippen molar-refractivity contribution in [2.24, 2.45) is 10.9 Å². The number of benzene rings is 1. The second kappa shape index (κ2) is 6.38. The van der Waals surface area contributed by atoms with Gasteiger partial charge in [-0.1, -0.05) is 23.4 Å². The smallest absolute Gasteiger partial charge is 0.272 e. The minimum absolute atomic E-state index is 0.105. The highest BCUT2D eigenvalue weighted by molar-refractivity contribution is 6.02. The van der Waals surface area contributed by atoms with Crippen LogP contribution in [0.15, 0.2) is 52.4 Å². The van der Waals surface area contributed by atoms with Gasteiger partial charge in [-0.05, 0) is 23.8 Å². The first kappa shape index (κ1) is 14.3. The number of nitrogens with zero attached hydrogens (tertiary/aromatic N) is 1. The average molecular weight is 286 g/mol. The van der Waals surface area contributed by atoms with Crippen LogP contribution in [0.1, 0.15) is 16.1 Å². The number of hydrogen-bond donors (Lipinski definition) is 4. The van der Waals surface area contributed by atoms with Crippen LogP contribution < -0.4 is 16.6 Å². The van der Waals surface area contributed by atoms with Crippen LogP contribution in [-0.2, 0) is 6.42 Å². The normalized spacial score (nSPS) is 11.1. The Hall–Kier alpha value is -3.09. The maximum Gasteiger partial charge on any atom is 0.272 e. The summed E-state index contributed by atoms with van der Waals surface area (Å²) in [5, 5.41) is 14.0. The van der Waals surface area contributed by atoms with E-state index in [2.05, 4.69) is 15.5 Å². The summed E-state index contributed by atoms with van der Waals surface area (Å²) in [6.07, 6.45) is 0.316. The number of pyridine rings is 1.